The molecule has 0 atom stereocenters. The van der Waals surface area contributed by atoms with Crippen LogP contribution in [0.1, 0.15) is 5.69 Å². The van der Waals surface area contributed by atoms with Crippen LogP contribution in [-0.4, -0.2) is 34.2 Å². The fourth-order valence-electron chi connectivity index (χ4n) is 2.48. The molecule has 0 aliphatic heterocycles. The summed E-state index contributed by atoms with van der Waals surface area (Å²) in [5, 5.41) is 24.3. The minimum Gasteiger partial charge on any atom is -0.516 e. The van der Waals surface area contributed by atoms with Crippen LogP contribution in [0.25, 0.3) is 16.5 Å². The van der Waals surface area contributed by atoms with Gasteiger partial charge in [0.05, 0.1) is 28.3 Å². The molecule has 124 valence electrons. The van der Waals surface area contributed by atoms with Crippen LogP contribution in [0.2, 0.25) is 0 Å². The molecule has 2 aromatic carbocycles. The van der Waals surface area contributed by atoms with Crippen molar-refractivity contribution in [3.63, 3.8) is 0 Å². The van der Waals surface area contributed by atoms with Crippen molar-refractivity contribution in [3.05, 3.63) is 60.5 Å². The third-order valence-electron chi connectivity index (χ3n) is 3.63. The van der Waals surface area contributed by atoms with Gasteiger partial charge >= 0.3 is 0 Å². The molecule has 0 amide bonds. The van der Waals surface area contributed by atoms with Crippen LogP contribution in [0.15, 0.2) is 59.7 Å². The Kier molecular flexibility index (Phi) is 4.02. The van der Waals surface area contributed by atoms with Gasteiger partial charge in [0.15, 0.2) is 9.84 Å². The van der Waals surface area contributed by atoms with E-state index in [1.54, 1.807) is 37.3 Å². The van der Waals surface area contributed by atoms with E-state index in [1.807, 2.05) is 6.07 Å². The lowest BCUT2D eigenvalue weighted by molar-refractivity contribution is 0.433. The first-order chi connectivity index (χ1) is 11.4. The van der Waals surface area contributed by atoms with Crippen molar-refractivity contribution in [1.82, 2.24) is 9.78 Å². The third-order valence-corrected chi connectivity index (χ3v) is 5.24. The minimum absolute atomic E-state index is 0.0434. The summed E-state index contributed by atoms with van der Waals surface area (Å²) in [6, 6.07) is 11.8. The monoisotopic (exact) mass is 344 g/mol. The van der Waals surface area contributed by atoms with Gasteiger partial charge in [-0.3, -0.25) is 0 Å². The van der Waals surface area contributed by atoms with Gasteiger partial charge in [-0.1, -0.05) is 12.1 Å². The molecule has 1 aromatic heterocycles. The molecule has 0 aliphatic rings. The van der Waals surface area contributed by atoms with Gasteiger partial charge in [0, 0.05) is 6.07 Å². The molecular formula is C17H16N2O4S. The number of hydrogen-bond acceptors (Lipinski definition) is 5. The Morgan fingerprint density at radius 2 is 1.83 bits per heavy atom. The highest BCUT2D eigenvalue weighted by Crippen LogP contribution is 2.25. The molecule has 0 radical (unpaired) electrons. The smallest absolute Gasteiger partial charge is 0.214 e. The molecule has 6 nitrogen and oxygen atoms in total. The van der Waals surface area contributed by atoms with Crippen LogP contribution in [-0.2, 0) is 9.84 Å². The number of aromatic hydroxyl groups is 1. The first-order valence-corrected chi connectivity index (χ1v) is 8.88. The van der Waals surface area contributed by atoms with E-state index in [2.05, 4.69) is 5.10 Å². The topological polar surface area (TPSA) is 92.4 Å². The van der Waals surface area contributed by atoms with Gasteiger partial charge in [-0.15, -0.1) is 0 Å². The molecule has 24 heavy (non-hydrogen) atoms. The number of hydrogen-bond donors (Lipinski definition) is 2. The van der Waals surface area contributed by atoms with E-state index in [-0.39, 0.29) is 16.5 Å². The molecule has 0 bridgehead atoms. The van der Waals surface area contributed by atoms with Crippen molar-refractivity contribution in [1.29, 1.82) is 0 Å². The molecule has 7 heteroatoms. The summed E-state index contributed by atoms with van der Waals surface area (Å²) in [5.74, 6) is -0.213. The van der Waals surface area contributed by atoms with Gasteiger partial charge in [0.25, 0.3) is 0 Å². The zero-order valence-corrected chi connectivity index (χ0v) is 13.7. The van der Waals surface area contributed by atoms with E-state index in [9.17, 15) is 13.5 Å². The summed E-state index contributed by atoms with van der Waals surface area (Å²) >= 11 is 0. The minimum atomic E-state index is -3.48. The first kappa shape index (κ1) is 16.1. The van der Waals surface area contributed by atoms with Gasteiger partial charge in [-0.25, -0.2) is 13.1 Å². The number of aromatic nitrogens is 2. The summed E-state index contributed by atoms with van der Waals surface area (Å²) < 4.78 is 25.7. The molecule has 3 aromatic rings. The molecule has 0 saturated carbocycles. The average molecular weight is 344 g/mol. The van der Waals surface area contributed by atoms with E-state index in [0.717, 1.165) is 17.0 Å². The fraction of sp³-hybridized carbons (Fsp3) is 0.118. The van der Waals surface area contributed by atoms with Crippen LogP contribution in [0.5, 0.6) is 5.88 Å². The van der Waals surface area contributed by atoms with Gasteiger partial charge in [0.1, 0.15) is 0 Å². The predicted molar refractivity (Wildman–Crippen MR) is 91.3 cm³/mol. The largest absolute Gasteiger partial charge is 0.516 e. The van der Waals surface area contributed by atoms with Crippen molar-refractivity contribution < 1.29 is 18.6 Å². The number of aliphatic hydroxyl groups excluding tert-OH is 1. The Hall–Kier alpha value is -2.80. The van der Waals surface area contributed by atoms with Crippen molar-refractivity contribution in [2.75, 3.05) is 5.75 Å². The molecular weight excluding hydrogens is 328 g/mol. The van der Waals surface area contributed by atoms with E-state index in [4.69, 9.17) is 5.11 Å². The number of fused-ring (bicyclic) bond motifs is 1. The molecule has 0 saturated heterocycles. The predicted octanol–water partition coefficient (Wildman–Crippen LogP) is 2.88. The second-order valence-corrected chi connectivity index (χ2v) is 7.45. The quantitative estimate of drug-likeness (QED) is 0.710. The highest BCUT2D eigenvalue weighted by molar-refractivity contribution is 7.91. The molecule has 3 rings (SSSR count). The maximum atomic E-state index is 12.2. The normalized spacial score (nSPS) is 12.2. The van der Waals surface area contributed by atoms with Crippen LogP contribution in [0, 0.1) is 6.92 Å². The first-order valence-electron chi connectivity index (χ1n) is 7.22. The van der Waals surface area contributed by atoms with E-state index < -0.39 is 9.84 Å². The fourth-order valence-corrected chi connectivity index (χ4v) is 3.59. The van der Waals surface area contributed by atoms with Crippen molar-refractivity contribution in [2.45, 2.75) is 11.8 Å². The number of rotatable bonds is 4. The van der Waals surface area contributed by atoms with Gasteiger partial charge in [0.2, 0.25) is 5.88 Å². The summed E-state index contributed by atoms with van der Waals surface area (Å²) in [7, 11) is -3.48. The lowest BCUT2D eigenvalue weighted by Crippen LogP contribution is -2.04. The van der Waals surface area contributed by atoms with E-state index >= 15 is 0 Å². The summed E-state index contributed by atoms with van der Waals surface area (Å²) in [4.78, 5) is 0.193. The molecule has 2 N–H and O–H groups in total. The van der Waals surface area contributed by atoms with Crippen LogP contribution in [0.3, 0.4) is 0 Å². The number of nitrogens with zero attached hydrogens (tertiary/aromatic N) is 2. The number of sulfone groups is 1. The van der Waals surface area contributed by atoms with Crippen LogP contribution in [0.4, 0.5) is 0 Å². The second-order valence-electron chi connectivity index (χ2n) is 5.42. The van der Waals surface area contributed by atoms with E-state index in [1.165, 1.54) is 16.8 Å². The Morgan fingerprint density at radius 3 is 2.50 bits per heavy atom. The molecule has 0 aliphatic carbocycles. The van der Waals surface area contributed by atoms with Gasteiger partial charge in [-0.2, -0.15) is 5.10 Å². The SMILES string of the molecule is Cc1cc(O)n(-c2ccc3cc(S(=O)(=O)CC=CO)ccc3c2)n1. The molecule has 0 unspecified atom stereocenters. The lowest BCUT2D eigenvalue weighted by Gasteiger charge is -2.07. The zero-order chi connectivity index (χ0) is 17.3. The molecule has 0 fully saturated rings. The molecule has 0 spiro atoms. The Bertz CT molecular complexity index is 1040. The standard InChI is InChI=1S/C17H16N2O4S/c1-12-9-17(21)19(18-12)15-5-3-14-11-16(6-4-13(14)10-15)24(22,23)8-2-7-20/h2-7,9-11,20-21H,8H2,1H3. The molecule has 1 heterocycles. The highest BCUT2D eigenvalue weighted by atomic mass is 32.2. The second kappa shape index (κ2) is 6.01. The van der Waals surface area contributed by atoms with Gasteiger partial charge in [-0.05, 0) is 48.0 Å². The Labute approximate surface area is 139 Å². The maximum absolute atomic E-state index is 12.2. The number of aliphatic hydroxyl groups is 1. The van der Waals surface area contributed by atoms with Crippen molar-refractivity contribution in [3.8, 4) is 11.6 Å². The Balaban J connectivity index is 2.04. The highest BCUT2D eigenvalue weighted by Gasteiger charge is 2.14. The number of benzene rings is 2. The van der Waals surface area contributed by atoms with Crippen molar-refractivity contribution >= 4 is 20.6 Å². The average Bonchev–Trinajstić information content (AvgIpc) is 2.90. The maximum Gasteiger partial charge on any atom is 0.214 e. The van der Waals surface area contributed by atoms with Crippen LogP contribution >= 0.6 is 0 Å². The van der Waals surface area contributed by atoms with Crippen LogP contribution < -0.4 is 0 Å². The zero-order valence-electron chi connectivity index (χ0n) is 12.9. The number of aryl methyl sites for hydroxylation is 1. The summed E-state index contributed by atoms with van der Waals surface area (Å²) in [6.07, 6.45) is 1.91. The summed E-state index contributed by atoms with van der Waals surface area (Å²) in [6.45, 7) is 1.79. The van der Waals surface area contributed by atoms with Crippen molar-refractivity contribution in [2.24, 2.45) is 0 Å². The summed E-state index contributed by atoms with van der Waals surface area (Å²) in [5.41, 5.74) is 1.39. The Morgan fingerprint density at radius 1 is 1.12 bits per heavy atom. The lowest BCUT2D eigenvalue weighted by atomic mass is 10.1. The van der Waals surface area contributed by atoms with E-state index in [0.29, 0.717) is 11.4 Å². The third kappa shape index (κ3) is 2.98. The van der Waals surface area contributed by atoms with Gasteiger partial charge < -0.3 is 10.2 Å².